The van der Waals surface area contributed by atoms with E-state index in [1.807, 2.05) is 6.92 Å². The van der Waals surface area contributed by atoms with E-state index in [1.54, 1.807) is 0 Å². The highest BCUT2D eigenvalue weighted by atomic mass is 19.1. The second-order valence-electron chi connectivity index (χ2n) is 5.31. The first-order valence-corrected chi connectivity index (χ1v) is 7.64. The summed E-state index contributed by atoms with van der Waals surface area (Å²) in [6.45, 7) is 3.29. The van der Waals surface area contributed by atoms with E-state index < -0.39 is 0 Å². The molecule has 0 aliphatic carbocycles. The molecule has 2 rings (SSSR count). The molecular formula is C16H23FN2O2. The summed E-state index contributed by atoms with van der Waals surface area (Å²) < 4.78 is 18.5. The van der Waals surface area contributed by atoms with Gasteiger partial charge in [0.2, 0.25) is 5.91 Å². The van der Waals surface area contributed by atoms with E-state index >= 15 is 0 Å². The van der Waals surface area contributed by atoms with Gasteiger partial charge < -0.3 is 15.4 Å². The highest BCUT2D eigenvalue weighted by Crippen LogP contribution is 2.25. The average molecular weight is 294 g/mol. The lowest BCUT2D eigenvalue weighted by molar-refractivity contribution is -0.116. The number of hydrogen-bond acceptors (Lipinski definition) is 3. The number of ether oxygens (including phenoxy) is 1. The second-order valence-corrected chi connectivity index (χ2v) is 5.31. The van der Waals surface area contributed by atoms with Crippen molar-refractivity contribution in [3.8, 4) is 5.75 Å². The Morgan fingerprint density at radius 1 is 1.48 bits per heavy atom. The van der Waals surface area contributed by atoms with Crippen LogP contribution >= 0.6 is 0 Å². The van der Waals surface area contributed by atoms with Crippen LogP contribution in [0.15, 0.2) is 18.2 Å². The largest absolute Gasteiger partial charge is 0.492 e. The van der Waals surface area contributed by atoms with Crippen molar-refractivity contribution in [2.24, 2.45) is 0 Å². The van der Waals surface area contributed by atoms with Crippen molar-refractivity contribution in [3.63, 3.8) is 0 Å². The Balaban J connectivity index is 1.86. The van der Waals surface area contributed by atoms with Gasteiger partial charge in [0.25, 0.3) is 0 Å². The minimum atomic E-state index is -0.372. The Bertz CT molecular complexity index is 473. The Hall–Kier alpha value is -1.62. The number of halogens is 1. The summed E-state index contributed by atoms with van der Waals surface area (Å²) in [5.41, 5.74) is 0.528. The average Bonchev–Trinajstić information content (AvgIpc) is 2.49. The third-order valence-electron chi connectivity index (χ3n) is 3.65. The van der Waals surface area contributed by atoms with Gasteiger partial charge in [-0.3, -0.25) is 4.79 Å². The van der Waals surface area contributed by atoms with Gasteiger partial charge >= 0.3 is 0 Å². The lowest BCUT2D eigenvalue weighted by Gasteiger charge is -2.23. The van der Waals surface area contributed by atoms with Gasteiger partial charge in [0, 0.05) is 18.5 Å². The normalized spacial score (nSPS) is 18.3. The molecule has 116 valence electrons. The fourth-order valence-corrected chi connectivity index (χ4v) is 2.56. The number of carbonyl (C=O) groups is 1. The van der Waals surface area contributed by atoms with Crippen LogP contribution in [-0.2, 0) is 4.79 Å². The molecule has 1 unspecified atom stereocenters. The van der Waals surface area contributed by atoms with Crippen molar-refractivity contribution >= 4 is 11.6 Å². The predicted molar refractivity (Wildman–Crippen MR) is 81.1 cm³/mol. The van der Waals surface area contributed by atoms with Gasteiger partial charge in [-0.05, 0) is 44.9 Å². The molecule has 1 heterocycles. The Morgan fingerprint density at radius 2 is 2.33 bits per heavy atom. The quantitative estimate of drug-likeness (QED) is 0.847. The molecule has 1 aliphatic heterocycles. The predicted octanol–water partition coefficient (Wildman–Crippen LogP) is 3.09. The first-order chi connectivity index (χ1) is 10.2. The highest BCUT2D eigenvalue weighted by Gasteiger charge is 2.15. The molecule has 1 amide bonds. The molecule has 0 radical (unpaired) electrons. The van der Waals surface area contributed by atoms with Crippen LogP contribution in [0.5, 0.6) is 5.75 Å². The number of carbonyl (C=O) groups excluding carboxylic acids is 1. The van der Waals surface area contributed by atoms with Crippen molar-refractivity contribution in [3.05, 3.63) is 24.0 Å². The summed E-state index contributed by atoms with van der Waals surface area (Å²) in [5.74, 6) is -0.0561. The van der Waals surface area contributed by atoms with Crippen molar-refractivity contribution in [1.82, 2.24) is 5.32 Å². The number of benzene rings is 1. The summed E-state index contributed by atoms with van der Waals surface area (Å²) in [6, 6.07) is 4.59. The van der Waals surface area contributed by atoms with Gasteiger partial charge in [-0.25, -0.2) is 4.39 Å². The molecule has 0 aromatic heterocycles. The molecule has 1 atom stereocenters. The first-order valence-electron chi connectivity index (χ1n) is 7.64. The molecule has 5 heteroatoms. The number of amides is 1. The molecule has 1 aliphatic rings. The molecule has 0 saturated carbocycles. The van der Waals surface area contributed by atoms with Crippen molar-refractivity contribution in [2.75, 3.05) is 18.5 Å². The molecule has 4 nitrogen and oxygen atoms in total. The highest BCUT2D eigenvalue weighted by molar-refractivity contribution is 5.92. The number of anilines is 1. The minimum Gasteiger partial charge on any atom is -0.492 e. The summed E-state index contributed by atoms with van der Waals surface area (Å²) in [6.07, 6.45) is 4.87. The maximum Gasteiger partial charge on any atom is 0.224 e. The maximum absolute atomic E-state index is 13.2. The fraction of sp³-hybridized carbons (Fsp3) is 0.562. The van der Waals surface area contributed by atoms with Crippen LogP contribution in [0, 0.1) is 5.82 Å². The van der Waals surface area contributed by atoms with Crippen LogP contribution < -0.4 is 15.4 Å². The third-order valence-corrected chi connectivity index (χ3v) is 3.65. The van der Waals surface area contributed by atoms with Gasteiger partial charge in [0.1, 0.15) is 11.6 Å². The van der Waals surface area contributed by atoms with Gasteiger partial charge in [-0.15, -0.1) is 0 Å². The van der Waals surface area contributed by atoms with Crippen LogP contribution in [0.2, 0.25) is 0 Å². The Kier molecular flexibility index (Phi) is 5.99. The molecule has 1 aromatic carbocycles. The van der Waals surface area contributed by atoms with Gasteiger partial charge in [0.05, 0.1) is 12.3 Å². The first kappa shape index (κ1) is 15.8. The zero-order valence-corrected chi connectivity index (χ0v) is 12.5. The molecule has 21 heavy (non-hydrogen) atoms. The van der Waals surface area contributed by atoms with Crippen LogP contribution in [0.3, 0.4) is 0 Å². The SMILES string of the molecule is CCOc1cc(F)ccc1NC(=O)CCC1CCCCN1. The summed E-state index contributed by atoms with van der Waals surface area (Å²) in [4.78, 5) is 12.0. The molecule has 1 aromatic rings. The maximum atomic E-state index is 13.2. The number of rotatable bonds is 6. The molecule has 0 spiro atoms. The van der Waals surface area contributed by atoms with Crippen molar-refractivity contribution < 1.29 is 13.9 Å². The van der Waals surface area contributed by atoms with E-state index in [1.165, 1.54) is 31.0 Å². The molecule has 1 fully saturated rings. The summed E-state index contributed by atoms with van der Waals surface area (Å²) in [7, 11) is 0. The number of hydrogen-bond donors (Lipinski definition) is 2. The van der Waals surface area contributed by atoms with E-state index in [9.17, 15) is 9.18 Å². The van der Waals surface area contributed by atoms with Crippen molar-refractivity contribution in [2.45, 2.75) is 45.1 Å². The van der Waals surface area contributed by atoms with Crippen LogP contribution in [0.4, 0.5) is 10.1 Å². The van der Waals surface area contributed by atoms with E-state index in [2.05, 4.69) is 10.6 Å². The third kappa shape index (κ3) is 5.01. The lowest BCUT2D eigenvalue weighted by atomic mass is 10.0. The van der Waals surface area contributed by atoms with Crippen LogP contribution in [0.25, 0.3) is 0 Å². The minimum absolute atomic E-state index is 0.0602. The lowest BCUT2D eigenvalue weighted by Crippen LogP contribution is -2.34. The van der Waals surface area contributed by atoms with Crippen LogP contribution in [-0.4, -0.2) is 25.1 Å². The van der Waals surface area contributed by atoms with E-state index in [0.717, 1.165) is 19.4 Å². The monoisotopic (exact) mass is 294 g/mol. The molecule has 2 N–H and O–H groups in total. The second kappa shape index (κ2) is 7.98. The smallest absolute Gasteiger partial charge is 0.224 e. The summed E-state index contributed by atoms with van der Waals surface area (Å²) in [5, 5.41) is 6.23. The molecular weight excluding hydrogens is 271 g/mol. The standard InChI is InChI=1S/C16H23FN2O2/c1-2-21-15-11-12(17)6-8-14(15)19-16(20)9-7-13-5-3-4-10-18-13/h6,8,11,13,18H,2-5,7,9-10H2,1H3,(H,19,20). The van der Waals surface area contributed by atoms with Gasteiger partial charge in [0.15, 0.2) is 0 Å². The Morgan fingerprint density at radius 3 is 3.05 bits per heavy atom. The molecule has 0 bridgehead atoms. The van der Waals surface area contributed by atoms with Gasteiger partial charge in [-0.2, -0.15) is 0 Å². The van der Waals surface area contributed by atoms with E-state index in [4.69, 9.17) is 4.74 Å². The zero-order valence-electron chi connectivity index (χ0n) is 12.5. The fourth-order valence-electron chi connectivity index (χ4n) is 2.56. The Labute approximate surface area is 125 Å². The number of piperidine rings is 1. The van der Waals surface area contributed by atoms with Crippen LogP contribution in [0.1, 0.15) is 39.0 Å². The van der Waals surface area contributed by atoms with E-state index in [-0.39, 0.29) is 11.7 Å². The summed E-state index contributed by atoms with van der Waals surface area (Å²) >= 11 is 0. The molecule has 1 saturated heterocycles. The van der Waals surface area contributed by atoms with Crippen molar-refractivity contribution in [1.29, 1.82) is 0 Å². The van der Waals surface area contributed by atoms with E-state index in [0.29, 0.717) is 30.5 Å². The van der Waals surface area contributed by atoms with Gasteiger partial charge in [-0.1, -0.05) is 6.42 Å². The topological polar surface area (TPSA) is 50.4 Å². The zero-order chi connectivity index (χ0) is 15.1. The number of nitrogens with one attached hydrogen (secondary N) is 2.